The molecule has 1 aliphatic rings. The van der Waals surface area contributed by atoms with Gasteiger partial charge in [0.2, 0.25) is 0 Å². The number of halogens is 1. The van der Waals surface area contributed by atoms with Crippen LogP contribution in [-0.4, -0.2) is 65.9 Å². The number of nitrogens with one attached hydrogen (secondary N) is 1. The number of benzene rings is 2. The molecule has 2 heterocycles. The van der Waals surface area contributed by atoms with E-state index in [4.69, 9.17) is 5.26 Å². The number of urea groups is 1. The Morgan fingerprint density at radius 2 is 1.83 bits per heavy atom. The van der Waals surface area contributed by atoms with E-state index in [0.29, 0.717) is 61.9 Å². The largest absolute Gasteiger partial charge is 0.332 e. The molecule has 0 atom stereocenters. The molecule has 4 rings (SSSR count). The third kappa shape index (κ3) is 6.66. The van der Waals surface area contributed by atoms with Crippen LogP contribution in [0.2, 0.25) is 0 Å². The Bertz CT molecular complexity index is 1190. The lowest BCUT2D eigenvalue weighted by Crippen LogP contribution is -2.51. The second-order valence-electron chi connectivity index (χ2n) is 8.28. The van der Waals surface area contributed by atoms with Crippen molar-refractivity contribution in [2.75, 3.05) is 44.6 Å². The topological polar surface area (TPSA) is 79.7 Å². The Hall–Kier alpha value is -3.74. The molecule has 180 valence electrons. The van der Waals surface area contributed by atoms with Gasteiger partial charge in [-0.15, -0.1) is 11.3 Å². The molecule has 1 N–H and O–H groups in total. The van der Waals surface area contributed by atoms with Gasteiger partial charge in [0, 0.05) is 51.5 Å². The van der Waals surface area contributed by atoms with Crippen molar-refractivity contribution in [3.05, 3.63) is 87.9 Å². The van der Waals surface area contributed by atoms with E-state index in [2.05, 4.69) is 16.3 Å². The summed E-state index contributed by atoms with van der Waals surface area (Å²) in [6.45, 7) is 4.15. The number of carbonyl (C=O) groups is 2. The number of amides is 3. The normalized spacial score (nSPS) is 13.8. The number of piperazine rings is 1. The molecule has 1 saturated heterocycles. The number of hydrogen-bond donors (Lipinski definition) is 1. The molecule has 0 radical (unpaired) electrons. The molecule has 9 heteroatoms. The highest BCUT2D eigenvalue weighted by atomic mass is 32.1. The molecule has 3 amide bonds. The van der Waals surface area contributed by atoms with Gasteiger partial charge in [0.05, 0.1) is 16.5 Å². The van der Waals surface area contributed by atoms with Crippen LogP contribution in [0.25, 0.3) is 0 Å². The zero-order chi connectivity index (χ0) is 24.6. The number of anilines is 1. The van der Waals surface area contributed by atoms with Gasteiger partial charge in [-0.2, -0.15) is 5.26 Å². The van der Waals surface area contributed by atoms with Gasteiger partial charge in [0.1, 0.15) is 5.82 Å². The summed E-state index contributed by atoms with van der Waals surface area (Å²) < 4.78 is 13.3. The maximum Gasteiger partial charge on any atom is 0.321 e. The van der Waals surface area contributed by atoms with Crippen LogP contribution in [0, 0.1) is 17.1 Å². The molecule has 0 spiro atoms. The van der Waals surface area contributed by atoms with Crippen molar-refractivity contribution in [1.29, 1.82) is 5.26 Å². The Balaban J connectivity index is 1.30. The van der Waals surface area contributed by atoms with Crippen molar-refractivity contribution in [3.8, 4) is 6.07 Å². The number of thiophene rings is 1. The lowest BCUT2D eigenvalue weighted by atomic mass is 10.2. The van der Waals surface area contributed by atoms with Crippen molar-refractivity contribution >= 4 is 29.0 Å². The standard InChI is InChI=1S/C26H26FN5O2S/c27-22-8-6-20(7-9-22)19-32(25(33)24-5-2-16-35-24)15-12-30-10-13-31(14-11-30)26(34)29-23-4-1-3-21(17-23)18-28/h1-9,16-17H,10-15,19H2,(H,29,34). The van der Waals surface area contributed by atoms with Crippen molar-refractivity contribution in [2.45, 2.75) is 6.54 Å². The van der Waals surface area contributed by atoms with Crippen molar-refractivity contribution in [3.63, 3.8) is 0 Å². The fourth-order valence-electron chi connectivity index (χ4n) is 3.92. The highest BCUT2D eigenvalue weighted by molar-refractivity contribution is 7.12. The number of nitrogens with zero attached hydrogens (tertiary/aromatic N) is 4. The molecule has 1 aromatic heterocycles. The van der Waals surface area contributed by atoms with Crippen molar-refractivity contribution in [2.24, 2.45) is 0 Å². The lowest BCUT2D eigenvalue weighted by Gasteiger charge is -2.35. The van der Waals surface area contributed by atoms with Crippen LogP contribution in [0.3, 0.4) is 0 Å². The number of nitriles is 1. The lowest BCUT2D eigenvalue weighted by molar-refractivity contribution is 0.0709. The van der Waals surface area contributed by atoms with Gasteiger partial charge in [-0.25, -0.2) is 9.18 Å². The highest BCUT2D eigenvalue weighted by Gasteiger charge is 2.23. The van der Waals surface area contributed by atoms with E-state index in [1.165, 1.54) is 23.5 Å². The van der Waals surface area contributed by atoms with E-state index in [9.17, 15) is 14.0 Å². The zero-order valence-electron chi connectivity index (χ0n) is 19.2. The summed E-state index contributed by atoms with van der Waals surface area (Å²) >= 11 is 1.41. The molecule has 7 nitrogen and oxygen atoms in total. The van der Waals surface area contributed by atoms with E-state index < -0.39 is 0 Å². The van der Waals surface area contributed by atoms with E-state index in [0.717, 1.165) is 5.56 Å². The molecule has 0 bridgehead atoms. The van der Waals surface area contributed by atoms with Gasteiger partial charge in [-0.3, -0.25) is 9.69 Å². The summed E-state index contributed by atoms with van der Waals surface area (Å²) in [6.07, 6.45) is 0. The quantitative estimate of drug-likeness (QED) is 0.536. The van der Waals surface area contributed by atoms with Crippen molar-refractivity contribution in [1.82, 2.24) is 14.7 Å². The molecule has 0 aliphatic carbocycles. The first-order chi connectivity index (χ1) is 17.0. The first kappa shape index (κ1) is 24.4. The van der Waals surface area contributed by atoms with Gasteiger partial charge in [-0.1, -0.05) is 24.3 Å². The van der Waals surface area contributed by atoms with Gasteiger partial charge in [0.25, 0.3) is 5.91 Å². The van der Waals surface area contributed by atoms with Gasteiger partial charge >= 0.3 is 6.03 Å². The first-order valence-electron chi connectivity index (χ1n) is 11.4. The van der Waals surface area contributed by atoms with Crippen LogP contribution < -0.4 is 5.32 Å². The van der Waals surface area contributed by atoms with E-state index in [1.807, 2.05) is 17.5 Å². The average molecular weight is 492 g/mol. The van der Waals surface area contributed by atoms with E-state index in [-0.39, 0.29) is 17.8 Å². The molecule has 3 aromatic rings. The predicted molar refractivity (Wildman–Crippen MR) is 134 cm³/mol. The molecule has 2 aromatic carbocycles. The van der Waals surface area contributed by atoms with Crippen LogP contribution in [0.4, 0.5) is 14.9 Å². The maximum absolute atomic E-state index is 13.3. The molecular weight excluding hydrogens is 465 g/mol. The van der Waals surface area contributed by atoms with E-state index in [1.54, 1.807) is 46.2 Å². The third-order valence-corrected chi connectivity index (χ3v) is 6.75. The number of rotatable bonds is 7. The van der Waals surface area contributed by atoms with Crippen LogP contribution in [0.5, 0.6) is 0 Å². The van der Waals surface area contributed by atoms with Gasteiger partial charge in [0.15, 0.2) is 0 Å². The summed E-state index contributed by atoms with van der Waals surface area (Å²) in [6, 6.07) is 18.6. The van der Waals surface area contributed by atoms with Crippen LogP contribution >= 0.6 is 11.3 Å². The smallest absolute Gasteiger partial charge is 0.321 e. The SMILES string of the molecule is N#Cc1cccc(NC(=O)N2CCN(CCN(Cc3ccc(F)cc3)C(=O)c3cccs3)CC2)c1. The first-order valence-corrected chi connectivity index (χ1v) is 12.3. The molecule has 35 heavy (non-hydrogen) atoms. The number of carbonyl (C=O) groups excluding carboxylic acids is 2. The summed E-state index contributed by atoms with van der Waals surface area (Å²) in [5.41, 5.74) is 1.97. The van der Waals surface area contributed by atoms with Crippen LogP contribution in [0.15, 0.2) is 66.0 Å². The Morgan fingerprint density at radius 3 is 2.51 bits per heavy atom. The minimum absolute atomic E-state index is 0.0399. The molecule has 1 fully saturated rings. The monoisotopic (exact) mass is 491 g/mol. The average Bonchev–Trinajstić information content (AvgIpc) is 3.43. The summed E-state index contributed by atoms with van der Waals surface area (Å²) in [5, 5.41) is 13.8. The Morgan fingerprint density at radius 1 is 1.06 bits per heavy atom. The molecular formula is C26H26FN5O2S. The molecule has 1 aliphatic heterocycles. The maximum atomic E-state index is 13.3. The second kappa shape index (κ2) is 11.6. The van der Waals surface area contributed by atoms with Crippen molar-refractivity contribution < 1.29 is 14.0 Å². The number of hydrogen-bond acceptors (Lipinski definition) is 5. The fourth-order valence-corrected chi connectivity index (χ4v) is 4.62. The fraction of sp³-hybridized carbons (Fsp3) is 0.269. The van der Waals surface area contributed by atoms with Gasteiger partial charge in [-0.05, 0) is 47.3 Å². The second-order valence-corrected chi connectivity index (χ2v) is 9.23. The highest BCUT2D eigenvalue weighted by Crippen LogP contribution is 2.16. The third-order valence-electron chi connectivity index (χ3n) is 5.89. The summed E-state index contributed by atoms with van der Waals surface area (Å²) in [5.74, 6) is -0.341. The van der Waals surface area contributed by atoms with E-state index >= 15 is 0 Å². The van der Waals surface area contributed by atoms with Crippen LogP contribution in [0.1, 0.15) is 20.8 Å². The Kier molecular flexibility index (Phi) is 8.08. The summed E-state index contributed by atoms with van der Waals surface area (Å²) in [4.78, 5) is 32.2. The summed E-state index contributed by atoms with van der Waals surface area (Å²) in [7, 11) is 0. The van der Waals surface area contributed by atoms with Gasteiger partial charge < -0.3 is 15.1 Å². The zero-order valence-corrected chi connectivity index (χ0v) is 20.0. The molecule has 0 saturated carbocycles. The van der Waals surface area contributed by atoms with Crippen LogP contribution in [-0.2, 0) is 6.54 Å². The minimum Gasteiger partial charge on any atom is -0.332 e. The molecule has 0 unspecified atom stereocenters. The minimum atomic E-state index is -0.301. The predicted octanol–water partition coefficient (Wildman–Crippen LogP) is 4.25. The Labute approximate surface area is 208 Å².